The molecule has 4 nitrogen and oxygen atoms in total. The first-order valence-electron chi connectivity index (χ1n) is 11.1. The topological polar surface area (TPSA) is 77.8 Å². The molecule has 31 heavy (non-hydrogen) atoms. The average molecular weight is 421 g/mol. The number of carbonyl (C=O) groups is 1. The van der Waals surface area contributed by atoms with Crippen molar-refractivity contribution < 1.29 is 20.1 Å². The van der Waals surface area contributed by atoms with Crippen LogP contribution in [0, 0.1) is 17.3 Å². The summed E-state index contributed by atoms with van der Waals surface area (Å²) in [7, 11) is 0. The van der Waals surface area contributed by atoms with Gasteiger partial charge in [-0.1, -0.05) is 56.8 Å². The highest BCUT2D eigenvalue weighted by Gasteiger charge is 2.70. The second-order valence-corrected chi connectivity index (χ2v) is 10.1. The predicted molar refractivity (Wildman–Crippen MR) is 121 cm³/mol. The lowest BCUT2D eigenvalue weighted by molar-refractivity contribution is -0.136. The molecular formula is C27H32O4. The van der Waals surface area contributed by atoms with Crippen molar-refractivity contribution in [3.63, 3.8) is 0 Å². The third kappa shape index (κ3) is 3.07. The van der Waals surface area contributed by atoms with Crippen LogP contribution in [0.25, 0.3) is 0 Å². The van der Waals surface area contributed by atoms with E-state index >= 15 is 0 Å². The van der Waals surface area contributed by atoms with Crippen LogP contribution in [0.15, 0.2) is 61.2 Å². The van der Waals surface area contributed by atoms with Crippen LogP contribution in [0.1, 0.15) is 57.1 Å². The number of phenols is 2. The SMILES string of the molecule is C=CC(=O)O.CC12CC3CC(C1)CC(c1ccccc1O)(C3)C2(C)c1ccccc1O. The Hall–Kier alpha value is -2.75. The van der Waals surface area contributed by atoms with Gasteiger partial charge in [-0.3, -0.25) is 0 Å². The molecule has 2 aromatic carbocycles. The largest absolute Gasteiger partial charge is 0.508 e. The van der Waals surface area contributed by atoms with Crippen LogP contribution in [0.5, 0.6) is 11.5 Å². The molecule has 0 aromatic heterocycles. The molecule has 3 unspecified atom stereocenters. The number of para-hydroxylation sites is 2. The zero-order chi connectivity index (χ0) is 22.4. The maximum atomic E-state index is 10.8. The summed E-state index contributed by atoms with van der Waals surface area (Å²) in [4.78, 5) is 9.25. The summed E-state index contributed by atoms with van der Waals surface area (Å²) in [6.45, 7) is 7.76. The van der Waals surface area contributed by atoms with Gasteiger partial charge in [0.1, 0.15) is 11.5 Å². The Morgan fingerprint density at radius 1 is 0.903 bits per heavy atom. The Bertz CT molecular complexity index is 996. The van der Waals surface area contributed by atoms with E-state index in [2.05, 4.69) is 38.6 Å². The first kappa shape index (κ1) is 21.5. The Morgan fingerprint density at radius 3 is 1.81 bits per heavy atom. The fraction of sp³-hybridized carbons (Fsp3) is 0.444. The van der Waals surface area contributed by atoms with E-state index in [9.17, 15) is 15.0 Å². The summed E-state index contributed by atoms with van der Waals surface area (Å²) in [6.07, 6.45) is 6.85. The Kier molecular flexibility index (Phi) is 5.15. The first-order valence-corrected chi connectivity index (χ1v) is 11.1. The number of aliphatic carboxylic acids is 1. The van der Waals surface area contributed by atoms with Gasteiger partial charge in [-0.15, -0.1) is 0 Å². The smallest absolute Gasteiger partial charge is 0.327 e. The van der Waals surface area contributed by atoms with Crippen LogP contribution >= 0.6 is 0 Å². The molecule has 4 fully saturated rings. The molecule has 3 N–H and O–H groups in total. The number of carboxylic acids is 1. The van der Waals surface area contributed by atoms with Crippen LogP contribution in [-0.2, 0) is 15.6 Å². The summed E-state index contributed by atoms with van der Waals surface area (Å²) >= 11 is 0. The van der Waals surface area contributed by atoms with Gasteiger partial charge in [0.05, 0.1) is 0 Å². The molecule has 164 valence electrons. The van der Waals surface area contributed by atoms with E-state index in [1.165, 1.54) is 19.3 Å². The normalized spacial score (nSPS) is 35.2. The summed E-state index contributed by atoms with van der Waals surface area (Å²) < 4.78 is 0. The number of aromatic hydroxyl groups is 2. The van der Waals surface area contributed by atoms with Crippen molar-refractivity contribution in [2.45, 2.75) is 56.8 Å². The highest BCUT2D eigenvalue weighted by Crippen LogP contribution is 2.75. The Balaban J connectivity index is 0.000000418. The maximum Gasteiger partial charge on any atom is 0.327 e. The van der Waals surface area contributed by atoms with E-state index in [-0.39, 0.29) is 16.2 Å². The molecule has 6 rings (SSSR count). The van der Waals surface area contributed by atoms with Gasteiger partial charge in [0.25, 0.3) is 0 Å². The summed E-state index contributed by atoms with van der Waals surface area (Å²) in [5.41, 5.74) is 1.97. The second kappa shape index (κ2) is 7.44. The molecule has 0 saturated heterocycles. The predicted octanol–water partition coefficient (Wildman–Crippen LogP) is 5.78. The third-order valence-electron chi connectivity index (χ3n) is 8.62. The molecule has 4 bridgehead atoms. The minimum atomic E-state index is -0.981. The van der Waals surface area contributed by atoms with Crippen molar-refractivity contribution in [1.82, 2.24) is 0 Å². The third-order valence-corrected chi connectivity index (χ3v) is 8.62. The van der Waals surface area contributed by atoms with Crippen molar-refractivity contribution in [1.29, 1.82) is 0 Å². The van der Waals surface area contributed by atoms with Crippen LogP contribution in [-0.4, -0.2) is 21.3 Å². The molecule has 2 aromatic rings. The van der Waals surface area contributed by atoms with Crippen LogP contribution in [0.3, 0.4) is 0 Å². The van der Waals surface area contributed by atoms with Gasteiger partial charge in [0, 0.05) is 28.0 Å². The number of benzene rings is 2. The van der Waals surface area contributed by atoms with Gasteiger partial charge >= 0.3 is 5.97 Å². The van der Waals surface area contributed by atoms with E-state index in [1.807, 2.05) is 30.3 Å². The Labute approximate surface area is 184 Å². The second-order valence-electron chi connectivity index (χ2n) is 10.1. The van der Waals surface area contributed by atoms with Crippen LogP contribution < -0.4 is 0 Å². The van der Waals surface area contributed by atoms with Crippen molar-refractivity contribution in [3.05, 3.63) is 72.3 Å². The highest BCUT2D eigenvalue weighted by molar-refractivity contribution is 5.78. The van der Waals surface area contributed by atoms with E-state index in [0.717, 1.165) is 41.9 Å². The molecule has 4 saturated carbocycles. The van der Waals surface area contributed by atoms with Crippen LogP contribution in [0.2, 0.25) is 0 Å². The van der Waals surface area contributed by atoms with Crippen molar-refractivity contribution in [2.75, 3.05) is 0 Å². The number of phenolic OH excluding ortho intramolecular Hbond substituents is 2. The lowest BCUT2D eigenvalue weighted by atomic mass is 9.32. The zero-order valence-electron chi connectivity index (χ0n) is 18.3. The molecule has 4 aliphatic carbocycles. The Morgan fingerprint density at radius 2 is 1.35 bits per heavy atom. The fourth-order valence-electron chi connectivity index (χ4n) is 7.62. The fourth-order valence-corrected chi connectivity index (χ4v) is 7.62. The van der Waals surface area contributed by atoms with Gasteiger partial charge in [-0.25, -0.2) is 4.79 Å². The van der Waals surface area contributed by atoms with Gasteiger partial charge in [-0.05, 0) is 61.5 Å². The van der Waals surface area contributed by atoms with Crippen molar-refractivity contribution in [3.8, 4) is 11.5 Å². The monoisotopic (exact) mass is 420 g/mol. The highest BCUT2D eigenvalue weighted by atomic mass is 16.4. The lowest BCUT2D eigenvalue weighted by Gasteiger charge is -2.72. The van der Waals surface area contributed by atoms with E-state index in [4.69, 9.17) is 5.11 Å². The van der Waals surface area contributed by atoms with Gasteiger partial charge in [-0.2, -0.15) is 0 Å². The number of hydrogen-bond donors (Lipinski definition) is 3. The summed E-state index contributed by atoms with van der Waals surface area (Å²) in [5, 5.41) is 29.3. The van der Waals surface area contributed by atoms with Crippen molar-refractivity contribution in [2.24, 2.45) is 17.3 Å². The minimum absolute atomic E-state index is 0.115. The molecule has 0 aliphatic heterocycles. The van der Waals surface area contributed by atoms with E-state index in [1.54, 1.807) is 0 Å². The summed E-state index contributed by atoms with van der Waals surface area (Å²) in [5.74, 6) is 1.29. The van der Waals surface area contributed by atoms with Gasteiger partial charge < -0.3 is 15.3 Å². The average Bonchev–Trinajstić information content (AvgIpc) is 2.72. The molecule has 0 spiro atoms. The maximum absolute atomic E-state index is 10.8. The number of carboxylic acid groups (broad SMARTS) is 1. The van der Waals surface area contributed by atoms with Gasteiger partial charge in [0.2, 0.25) is 0 Å². The summed E-state index contributed by atoms with van der Waals surface area (Å²) in [6, 6.07) is 15.8. The first-order chi connectivity index (χ1) is 14.7. The number of hydrogen-bond acceptors (Lipinski definition) is 3. The standard InChI is InChI=1S/C24H28O2.C3H4O2/c1-22-12-16-11-17(13-22)15-24(14-16,19-8-4-6-10-21(19)26)23(22,2)18-7-3-5-9-20(18)25;1-2-3(4)5/h3-10,16-17,25-26H,11-15H2,1-2H3;2H,1H2,(H,4,5). The van der Waals surface area contributed by atoms with Crippen molar-refractivity contribution >= 4 is 5.97 Å². The van der Waals surface area contributed by atoms with Crippen LogP contribution in [0.4, 0.5) is 0 Å². The molecule has 0 radical (unpaired) electrons. The quantitative estimate of drug-likeness (QED) is 0.550. The van der Waals surface area contributed by atoms with E-state index < -0.39 is 5.97 Å². The molecule has 0 amide bonds. The molecule has 4 aliphatic rings. The lowest BCUT2D eigenvalue weighted by Crippen LogP contribution is -2.67. The molecule has 4 heteroatoms. The van der Waals surface area contributed by atoms with Gasteiger partial charge in [0.15, 0.2) is 0 Å². The number of rotatable bonds is 3. The molecular weight excluding hydrogens is 388 g/mol. The molecule has 0 heterocycles. The zero-order valence-corrected chi connectivity index (χ0v) is 18.3. The molecule has 3 atom stereocenters. The minimum Gasteiger partial charge on any atom is -0.508 e. The van der Waals surface area contributed by atoms with E-state index in [0.29, 0.717) is 11.5 Å².